The Balaban J connectivity index is 1.41. The summed E-state index contributed by atoms with van der Waals surface area (Å²) in [7, 11) is 1.89. The van der Waals surface area contributed by atoms with E-state index >= 15 is 0 Å². The fraction of sp³-hybridized carbons (Fsp3) is 0.500. The lowest BCUT2D eigenvalue weighted by Crippen LogP contribution is -2.43. The Morgan fingerprint density at radius 3 is 3.04 bits per heavy atom. The van der Waals surface area contributed by atoms with Crippen LogP contribution in [0.1, 0.15) is 42.4 Å². The molecule has 1 amide bonds. The molecule has 0 unspecified atom stereocenters. The maximum atomic E-state index is 12.6. The van der Waals surface area contributed by atoms with Gasteiger partial charge in [0, 0.05) is 43.7 Å². The van der Waals surface area contributed by atoms with Crippen LogP contribution in [0.4, 0.5) is 0 Å². The van der Waals surface area contributed by atoms with Crippen LogP contribution in [0.2, 0.25) is 0 Å². The molecule has 1 N–H and O–H groups in total. The van der Waals surface area contributed by atoms with Gasteiger partial charge in [0.25, 0.3) is 0 Å². The Morgan fingerprint density at radius 1 is 1.38 bits per heavy atom. The molecule has 1 aliphatic heterocycles. The van der Waals surface area contributed by atoms with E-state index in [1.165, 1.54) is 0 Å². The third-order valence-electron chi connectivity index (χ3n) is 4.94. The molecule has 0 radical (unpaired) electrons. The van der Waals surface area contributed by atoms with E-state index in [2.05, 4.69) is 15.4 Å². The molecule has 1 saturated heterocycles. The summed E-state index contributed by atoms with van der Waals surface area (Å²) in [4.78, 5) is 16.8. The van der Waals surface area contributed by atoms with Gasteiger partial charge in [-0.25, -0.2) is 0 Å². The van der Waals surface area contributed by atoms with Gasteiger partial charge < -0.3 is 10.1 Å². The molecule has 0 bridgehead atoms. The van der Waals surface area contributed by atoms with Crippen molar-refractivity contribution in [2.75, 3.05) is 6.61 Å². The van der Waals surface area contributed by atoms with Gasteiger partial charge in [-0.3, -0.25) is 14.5 Å². The number of nitrogens with zero attached hydrogens (tertiary/aromatic N) is 3. The number of nitrogens with one attached hydrogen (secondary N) is 1. The highest BCUT2D eigenvalue weighted by molar-refractivity contribution is 5.83. The third kappa shape index (κ3) is 3.06. The topological polar surface area (TPSA) is 69.0 Å². The molecular formula is C18H22N4O2. The van der Waals surface area contributed by atoms with Gasteiger partial charge in [0.05, 0.1) is 12.2 Å². The first-order valence-corrected chi connectivity index (χ1v) is 8.53. The molecule has 2 aromatic rings. The summed E-state index contributed by atoms with van der Waals surface area (Å²) in [6, 6.07) is 3.99. The lowest BCUT2D eigenvalue weighted by atomic mass is 9.97. The smallest absolute Gasteiger partial charge is 0.224 e. The van der Waals surface area contributed by atoms with Crippen molar-refractivity contribution in [3.63, 3.8) is 0 Å². The van der Waals surface area contributed by atoms with Gasteiger partial charge in [0.2, 0.25) is 5.91 Å². The number of hydrogen-bond acceptors (Lipinski definition) is 4. The summed E-state index contributed by atoms with van der Waals surface area (Å²) < 4.78 is 7.69. The average Bonchev–Trinajstić information content (AvgIpc) is 3.31. The summed E-state index contributed by atoms with van der Waals surface area (Å²) in [5.74, 6) is 0.499. The molecule has 1 saturated carbocycles. The zero-order valence-electron chi connectivity index (χ0n) is 13.8. The Bertz CT molecular complexity index is 715. The van der Waals surface area contributed by atoms with Crippen LogP contribution in [0.3, 0.4) is 0 Å². The minimum atomic E-state index is -0.105. The van der Waals surface area contributed by atoms with E-state index in [0.717, 1.165) is 37.0 Å². The van der Waals surface area contributed by atoms with Crippen LogP contribution in [0.15, 0.2) is 36.9 Å². The van der Waals surface area contributed by atoms with Crippen LogP contribution >= 0.6 is 0 Å². The zero-order valence-corrected chi connectivity index (χ0v) is 13.8. The van der Waals surface area contributed by atoms with Gasteiger partial charge in [-0.1, -0.05) is 6.07 Å². The Morgan fingerprint density at radius 2 is 2.29 bits per heavy atom. The maximum absolute atomic E-state index is 12.6. The van der Waals surface area contributed by atoms with E-state index in [1.54, 1.807) is 10.9 Å². The highest BCUT2D eigenvalue weighted by Crippen LogP contribution is 2.47. The molecule has 0 aromatic carbocycles. The number of aryl methyl sites for hydroxylation is 1. The van der Waals surface area contributed by atoms with Crippen molar-refractivity contribution in [1.82, 2.24) is 20.1 Å². The van der Waals surface area contributed by atoms with Crippen molar-refractivity contribution >= 4 is 5.91 Å². The van der Waals surface area contributed by atoms with Gasteiger partial charge in [0.15, 0.2) is 0 Å². The van der Waals surface area contributed by atoms with Crippen LogP contribution in [0, 0.1) is 5.92 Å². The maximum Gasteiger partial charge on any atom is 0.224 e. The summed E-state index contributed by atoms with van der Waals surface area (Å²) in [5, 5.41) is 7.44. The van der Waals surface area contributed by atoms with Crippen LogP contribution in [-0.2, 0) is 16.6 Å². The van der Waals surface area contributed by atoms with Crippen molar-refractivity contribution in [2.45, 2.75) is 37.3 Å². The van der Waals surface area contributed by atoms with Crippen molar-refractivity contribution in [3.05, 3.63) is 48.0 Å². The van der Waals surface area contributed by atoms with Gasteiger partial charge in [0.1, 0.15) is 6.10 Å². The second-order valence-electron chi connectivity index (χ2n) is 6.73. The SMILES string of the molecule is Cn1cc([C@H]2OCCC[C@@H]2NC(=O)[C@H]2C[C@H]2c2cccnc2)cn1. The van der Waals surface area contributed by atoms with E-state index in [4.69, 9.17) is 4.74 Å². The van der Waals surface area contributed by atoms with Crippen molar-refractivity contribution < 1.29 is 9.53 Å². The zero-order chi connectivity index (χ0) is 16.5. The monoisotopic (exact) mass is 326 g/mol. The van der Waals surface area contributed by atoms with Gasteiger partial charge in [-0.2, -0.15) is 5.10 Å². The minimum Gasteiger partial charge on any atom is -0.371 e. The molecule has 0 spiro atoms. The van der Waals surface area contributed by atoms with Crippen LogP contribution in [-0.4, -0.2) is 33.3 Å². The molecule has 4 atom stereocenters. The Labute approximate surface area is 141 Å². The van der Waals surface area contributed by atoms with Crippen molar-refractivity contribution in [1.29, 1.82) is 0 Å². The predicted octanol–water partition coefficient (Wildman–Crippen LogP) is 1.96. The van der Waals surface area contributed by atoms with E-state index in [-0.39, 0.29) is 24.0 Å². The normalized spacial score (nSPS) is 29.2. The number of rotatable bonds is 4. The number of amides is 1. The molecule has 2 fully saturated rings. The number of pyridine rings is 1. The molecule has 2 aromatic heterocycles. The van der Waals surface area contributed by atoms with Crippen molar-refractivity contribution in [2.24, 2.45) is 13.0 Å². The van der Waals surface area contributed by atoms with Crippen LogP contribution in [0.25, 0.3) is 0 Å². The molecule has 4 rings (SSSR count). The van der Waals surface area contributed by atoms with E-state index in [1.807, 2.05) is 37.8 Å². The lowest BCUT2D eigenvalue weighted by Gasteiger charge is -2.32. The molecular weight excluding hydrogens is 304 g/mol. The number of aromatic nitrogens is 3. The van der Waals surface area contributed by atoms with E-state index < -0.39 is 0 Å². The molecule has 2 aliphatic rings. The summed E-state index contributed by atoms with van der Waals surface area (Å²) in [6.07, 6.45) is 10.1. The average molecular weight is 326 g/mol. The lowest BCUT2D eigenvalue weighted by molar-refractivity contribution is -0.125. The fourth-order valence-corrected chi connectivity index (χ4v) is 3.58. The van der Waals surface area contributed by atoms with Gasteiger partial charge in [-0.15, -0.1) is 0 Å². The van der Waals surface area contributed by atoms with E-state index in [9.17, 15) is 4.79 Å². The second-order valence-corrected chi connectivity index (χ2v) is 6.73. The first kappa shape index (κ1) is 15.3. The van der Waals surface area contributed by atoms with Gasteiger partial charge >= 0.3 is 0 Å². The highest BCUT2D eigenvalue weighted by Gasteiger charge is 2.45. The number of carbonyl (C=O) groups is 1. The Hall–Kier alpha value is -2.21. The summed E-state index contributed by atoms with van der Waals surface area (Å²) in [5.41, 5.74) is 2.18. The van der Waals surface area contributed by atoms with Crippen molar-refractivity contribution in [3.8, 4) is 0 Å². The number of hydrogen-bond donors (Lipinski definition) is 1. The Kier molecular flexibility index (Phi) is 4.06. The predicted molar refractivity (Wildman–Crippen MR) is 88.2 cm³/mol. The number of ether oxygens (including phenoxy) is 1. The standard InChI is InChI=1S/C18H22N4O2/c1-22-11-13(10-20-22)17-16(5-3-7-24-17)21-18(23)15-8-14(15)12-4-2-6-19-9-12/h2,4,6,9-11,14-17H,3,5,7-8H2,1H3,(H,21,23)/t14-,15-,16-,17+/m0/s1. The van der Waals surface area contributed by atoms with E-state index in [0.29, 0.717) is 5.92 Å². The summed E-state index contributed by atoms with van der Waals surface area (Å²) >= 11 is 0. The largest absolute Gasteiger partial charge is 0.371 e. The molecule has 126 valence electrons. The second kappa shape index (κ2) is 6.36. The van der Waals surface area contributed by atoms with Crippen LogP contribution < -0.4 is 5.32 Å². The van der Waals surface area contributed by atoms with Gasteiger partial charge in [-0.05, 0) is 36.8 Å². The molecule has 6 heteroatoms. The fourth-order valence-electron chi connectivity index (χ4n) is 3.58. The molecule has 24 heavy (non-hydrogen) atoms. The minimum absolute atomic E-state index is 0.0191. The highest BCUT2D eigenvalue weighted by atomic mass is 16.5. The summed E-state index contributed by atoms with van der Waals surface area (Å²) in [6.45, 7) is 0.730. The first-order chi connectivity index (χ1) is 11.7. The first-order valence-electron chi connectivity index (χ1n) is 8.53. The molecule has 3 heterocycles. The number of carbonyl (C=O) groups excluding carboxylic acids is 1. The third-order valence-corrected chi connectivity index (χ3v) is 4.94. The molecule has 6 nitrogen and oxygen atoms in total. The quantitative estimate of drug-likeness (QED) is 0.932. The molecule has 1 aliphatic carbocycles. The van der Waals surface area contributed by atoms with Crippen LogP contribution in [0.5, 0.6) is 0 Å².